The molecule has 2 aromatic rings. The van der Waals surface area contributed by atoms with Crippen LogP contribution in [0.2, 0.25) is 0 Å². The number of hydrogen-bond acceptors (Lipinski definition) is 3. The Labute approximate surface area is 138 Å². The van der Waals surface area contributed by atoms with Gasteiger partial charge in [0.2, 0.25) is 0 Å². The van der Waals surface area contributed by atoms with Gasteiger partial charge >= 0.3 is 5.97 Å². The largest absolute Gasteiger partial charge is 0.462 e. The maximum Gasteiger partial charge on any atom is 0.338 e. The molecule has 0 N–H and O–H groups in total. The van der Waals surface area contributed by atoms with Gasteiger partial charge in [0.15, 0.2) is 0 Å². The van der Waals surface area contributed by atoms with Crippen molar-refractivity contribution >= 4 is 5.97 Å². The number of esters is 1. The Morgan fingerprint density at radius 1 is 0.739 bits per heavy atom. The highest BCUT2D eigenvalue weighted by Gasteiger charge is 2.04. The molecule has 0 heterocycles. The number of hydrogen-bond donors (Lipinski definition) is 0. The minimum Gasteiger partial charge on any atom is -0.462 e. The fraction of sp³-hybridized carbons (Fsp3) is 0.350. The maximum atomic E-state index is 11.7. The first-order chi connectivity index (χ1) is 11.4. The Kier molecular flexibility index (Phi) is 7.92. The second-order valence-corrected chi connectivity index (χ2v) is 5.45. The van der Waals surface area contributed by atoms with Crippen molar-refractivity contribution in [3.63, 3.8) is 0 Å². The fourth-order valence-corrected chi connectivity index (χ4v) is 2.25. The van der Waals surface area contributed by atoms with Crippen LogP contribution in [0.25, 0.3) is 0 Å². The Morgan fingerprint density at radius 2 is 1.35 bits per heavy atom. The van der Waals surface area contributed by atoms with Crippen molar-refractivity contribution in [2.24, 2.45) is 0 Å². The van der Waals surface area contributed by atoms with Gasteiger partial charge in [-0.3, -0.25) is 0 Å². The van der Waals surface area contributed by atoms with Gasteiger partial charge in [0, 0.05) is 6.61 Å². The van der Waals surface area contributed by atoms with E-state index in [0.717, 1.165) is 32.3 Å². The van der Waals surface area contributed by atoms with E-state index in [0.29, 0.717) is 18.8 Å². The Bertz CT molecular complexity index is 552. The Morgan fingerprint density at radius 3 is 2.04 bits per heavy atom. The van der Waals surface area contributed by atoms with Crippen molar-refractivity contribution in [2.45, 2.75) is 32.3 Å². The Balaban J connectivity index is 1.43. The van der Waals surface area contributed by atoms with Gasteiger partial charge < -0.3 is 9.47 Å². The second kappa shape index (κ2) is 10.6. The first-order valence-corrected chi connectivity index (χ1v) is 8.20. The average molecular weight is 312 g/mol. The predicted octanol–water partition coefficient (Wildman–Crippen LogP) is 4.62. The highest BCUT2D eigenvalue weighted by Crippen LogP contribution is 2.06. The quantitative estimate of drug-likeness (QED) is 0.474. The zero-order valence-corrected chi connectivity index (χ0v) is 13.4. The third kappa shape index (κ3) is 7.11. The van der Waals surface area contributed by atoms with Gasteiger partial charge in [-0.15, -0.1) is 0 Å². The molecule has 0 atom stereocenters. The molecule has 0 saturated carbocycles. The first-order valence-electron chi connectivity index (χ1n) is 8.20. The van der Waals surface area contributed by atoms with Gasteiger partial charge in [0.05, 0.1) is 18.8 Å². The zero-order valence-electron chi connectivity index (χ0n) is 13.4. The monoisotopic (exact) mass is 312 g/mol. The molecule has 0 bridgehead atoms. The summed E-state index contributed by atoms with van der Waals surface area (Å²) in [4.78, 5) is 11.7. The zero-order chi connectivity index (χ0) is 16.2. The lowest BCUT2D eigenvalue weighted by atomic mass is 10.2. The predicted molar refractivity (Wildman–Crippen MR) is 91.3 cm³/mol. The van der Waals surface area contributed by atoms with Gasteiger partial charge in [-0.05, 0) is 37.0 Å². The van der Waals surface area contributed by atoms with Crippen LogP contribution in [0, 0.1) is 0 Å². The molecule has 23 heavy (non-hydrogen) atoms. The van der Waals surface area contributed by atoms with Crippen LogP contribution >= 0.6 is 0 Å². The molecule has 0 aromatic heterocycles. The smallest absolute Gasteiger partial charge is 0.338 e. The van der Waals surface area contributed by atoms with Crippen LogP contribution in [0.1, 0.15) is 41.6 Å². The van der Waals surface area contributed by atoms with Crippen LogP contribution in [-0.2, 0) is 16.1 Å². The lowest BCUT2D eigenvalue weighted by Crippen LogP contribution is -2.06. The molecule has 0 aliphatic rings. The van der Waals surface area contributed by atoms with Gasteiger partial charge in [-0.1, -0.05) is 55.0 Å². The summed E-state index contributed by atoms with van der Waals surface area (Å²) in [5.41, 5.74) is 1.82. The summed E-state index contributed by atoms with van der Waals surface area (Å²) in [5.74, 6) is -0.239. The highest BCUT2D eigenvalue weighted by atomic mass is 16.5. The van der Waals surface area contributed by atoms with E-state index in [1.165, 1.54) is 5.56 Å². The van der Waals surface area contributed by atoms with Gasteiger partial charge in [-0.25, -0.2) is 4.79 Å². The first kappa shape index (κ1) is 17.2. The molecule has 0 aliphatic heterocycles. The van der Waals surface area contributed by atoms with Crippen LogP contribution in [0.5, 0.6) is 0 Å². The van der Waals surface area contributed by atoms with E-state index in [4.69, 9.17) is 9.47 Å². The molecule has 0 aliphatic carbocycles. The second-order valence-electron chi connectivity index (χ2n) is 5.45. The summed E-state index contributed by atoms with van der Waals surface area (Å²) >= 11 is 0. The molecule has 2 rings (SSSR count). The molecule has 122 valence electrons. The van der Waals surface area contributed by atoms with Crippen LogP contribution in [0.4, 0.5) is 0 Å². The highest BCUT2D eigenvalue weighted by molar-refractivity contribution is 5.89. The summed E-state index contributed by atoms with van der Waals surface area (Å²) in [7, 11) is 0. The van der Waals surface area contributed by atoms with E-state index >= 15 is 0 Å². The summed E-state index contributed by atoms with van der Waals surface area (Å²) in [6.45, 7) is 1.94. The molecule has 0 saturated heterocycles. The van der Waals surface area contributed by atoms with Gasteiger partial charge in [0.25, 0.3) is 0 Å². The summed E-state index contributed by atoms with van der Waals surface area (Å²) in [6.07, 6.45) is 4.09. The fourth-order valence-electron chi connectivity index (χ4n) is 2.25. The van der Waals surface area contributed by atoms with Crippen molar-refractivity contribution in [1.82, 2.24) is 0 Å². The van der Waals surface area contributed by atoms with E-state index in [2.05, 4.69) is 12.1 Å². The van der Waals surface area contributed by atoms with Crippen molar-refractivity contribution in [1.29, 1.82) is 0 Å². The SMILES string of the molecule is O=C(OCCCCCCOCc1ccccc1)c1ccccc1. The van der Waals surface area contributed by atoms with E-state index in [1.807, 2.05) is 36.4 Å². The number of rotatable bonds is 10. The molecule has 3 heteroatoms. The maximum absolute atomic E-state index is 11.7. The van der Waals surface area contributed by atoms with E-state index in [1.54, 1.807) is 12.1 Å². The van der Waals surface area contributed by atoms with Gasteiger partial charge in [0.1, 0.15) is 0 Å². The van der Waals surface area contributed by atoms with Crippen molar-refractivity contribution in [2.75, 3.05) is 13.2 Å². The molecule has 0 spiro atoms. The van der Waals surface area contributed by atoms with Crippen LogP contribution in [0.15, 0.2) is 60.7 Å². The van der Waals surface area contributed by atoms with Crippen LogP contribution in [0.3, 0.4) is 0 Å². The summed E-state index contributed by atoms with van der Waals surface area (Å²) < 4.78 is 10.9. The molecule has 0 amide bonds. The number of benzene rings is 2. The molecule has 0 fully saturated rings. The molecular weight excluding hydrogens is 288 g/mol. The number of carbonyl (C=O) groups excluding carboxylic acids is 1. The average Bonchev–Trinajstić information content (AvgIpc) is 2.61. The van der Waals surface area contributed by atoms with Gasteiger partial charge in [-0.2, -0.15) is 0 Å². The lowest BCUT2D eigenvalue weighted by molar-refractivity contribution is 0.0496. The number of unbranched alkanes of at least 4 members (excludes halogenated alkanes) is 3. The van der Waals surface area contributed by atoms with E-state index in [-0.39, 0.29) is 5.97 Å². The van der Waals surface area contributed by atoms with Crippen LogP contribution < -0.4 is 0 Å². The lowest BCUT2D eigenvalue weighted by Gasteiger charge is -2.06. The molecule has 3 nitrogen and oxygen atoms in total. The standard InChI is InChI=1S/C20H24O3/c21-20(19-13-7-4-8-14-19)23-16-10-2-1-9-15-22-17-18-11-5-3-6-12-18/h3-8,11-14H,1-2,9-10,15-17H2. The number of ether oxygens (including phenoxy) is 2. The third-order valence-corrected chi connectivity index (χ3v) is 3.54. The Hall–Kier alpha value is -2.13. The minimum atomic E-state index is -0.239. The van der Waals surface area contributed by atoms with E-state index in [9.17, 15) is 4.79 Å². The summed E-state index contributed by atoms with van der Waals surface area (Å²) in [5, 5.41) is 0. The molecule has 2 aromatic carbocycles. The van der Waals surface area contributed by atoms with Crippen molar-refractivity contribution in [3.8, 4) is 0 Å². The van der Waals surface area contributed by atoms with Crippen molar-refractivity contribution in [3.05, 3.63) is 71.8 Å². The molecule has 0 unspecified atom stereocenters. The number of carbonyl (C=O) groups is 1. The normalized spacial score (nSPS) is 10.4. The van der Waals surface area contributed by atoms with Crippen molar-refractivity contribution < 1.29 is 14.3 Å². The molecule has 0 radical (unpaired) electrons. The molecular formula is C20H24O3. The minimum absolute atomic E-state index is 0.239. The topological polar surface area (TPSA) is 35.5 Å². The third-order valence-electron chi connectivity index (χ3n) is 3.54. The summed E-state index contributed by atoms with van der Waals surface area (Å²) in [6, 6.07) is 19.3. The van der Waals surface area contributed by atoms with Crippen LogP contribution in [-0.4, -0.2) is 19.2 Å². The van der Waals surface area contributed by atoms with E-state index < -0.39 is 0 Å².